The molecule has 1 aliphatic carbocycles. The number of benzene rings is 2. The molecular formula is C22H29ClN4O3. The molecular weight excluding hydrogens is 404 g/mol. The number of nitrogens with one attached hydrogen (secondary N) is 2. The molecule has 1 fully saturated rings. The van der Waals surface area contributed by atoms with Crippen LogP contribution >= 0.6 is 12.4 Å². The van der Waals surface area contributed by atoms with Crippen molar-refractivity contribution in [1.82, 2.24) is 10.6 Å². The van der Waals surface area contributed by atoms with Gasteiger partial charge in [0.1, 0.15) is 11.5 Å². The van der Waals surface area contributed by atoms with Crippen LogP contribution in [0.2, 0.25) is 0 Å². The van der Waals surface area contributed by atoms with Crippen molar-refractivity contribution in [3.63, 3.8) is 0 Å². The summed E-state index contributed by atoms with van der Waals surface area (Å²) in [5, 5.41) is 5.73. The molecule has 3 rings (SSSR count). The summed E-state index contributed by atoms with van der Waals surface area (Å²) in [5.74, 6) is 1.49. The summed E-state index contributed by atoms with van der Waals surface area (Å²) in [6.45, 7) is 0.562. The Balaban J connectivity index is 0.00000320. The van der Waals surface area contributed by atoms with Crippen molar-refractivity contribution in [3.05, 3.63) is 60.2 Å². The number of carbonyl (C=O) groups excluding carboxylic acids is 2. The molecule has 0 aliphatic heterocycles. The van der Waals surface area contributed by atoms with Crippen molar-refractivity contribution >= 4 is 24.3 Å². The highest BCUT2D eigenvalue weighted by atomic mass is 35.5. The van der Waals surface area contributed by atoms with Crippen LogP contribution in [0.1, 0.15) is 37.3 Å². The molecule has 3 unspecified atom stereocenters. The topological polar surface area (TPSA) is 119 Å². The first-order valence-electron chi connectivity index (χ1n) is 9.93. The average molecular weight is 433 g/mol. The Morgan fingerprint density at radius 2 is 1.80 bits per heavy atom. The van der Waals surface area contributed by atoms with Crippen LogP contribution in [-0.2, 0) is 4.79 Å². The fourth-order valence-electron chi connectivity index (χ4n) is 3.80. The number of para-hydroxylation sites is 1. The second-order valence-electron chi connectivity index (χ2n) is 7.35. The van der Waals surface area contributed by atoms with Gasteiger partial charge >= 0.3 is 6.03 Å². The van der Waals surface area contributed by atoms with Crippen LogP contribution in [-0.4, -0.2) is 24.5 Å². The van der Waals surface area contributed by atoms with Gasteiger partial charge in [-0.05, 0) is 55.1 Å². The predicted octanol–water partition coefficient (Wildman–Crippen LogP) is 3.24. The maximum Gasteiger partial charge on any atom is 0.312 e. The van der Waals surface area contributed by atoms with Gasteiger partial charge in [-0.2, -0.15) is 0 Å². The molecule has 0 bridgehead atoms. The SMILES string of the molecule is Cl.NCC1CCCC1NC(=O)CC(NC(N)=O)c1cccc(Oc2ccccc2)c1. The summed E-state index contributed by atoms with van der Waals surface area (Å²) < 4.78 is 5.86. The molecule has 0 heterocycles. The van der Waals surface area contributed by atoms with Gasteiger partial charge in [0, 0.05) is 6.04 Å². The average Bonchev–Trinajstić information content (AvgIpc) is 3.15. The minimum atomic E-state index is -0.683. The molecule has 3 amide bonds. The molecule has 1 aliphatic rings. The lowest BCUT2D eigenvalue weighted by Crippen LogP contribution is -2.42. The Bertz CT molecular complexity index is 834. The van der Waals surface area contributed by atoms with E-state index in [1.807, 2.05) is 48.5 Å². The molecule has 7 nitrogen and oxygen atoms in total. The highest BCUT2D eigenvalue weighted by molar-refractivity contribution is 5.85. The van der Waals surface area contributed by atoms with Gasteiger partial charge in [0.25, 0.3) is 0 Å². The Kier molecular flexibility index (Phi) is 8.95. The second kappa shape index (κ2) is 11.4. The van der Waals surface area contributed by atoms with Gasteiger partial charge in [-0.1, -0.05) is 36.8 Å². The molecule has 0 radical (unpaired) electrons. The fourth-order valence-corrected chi connectivity index (χ4v) is 3.80. The minimum Gasteiger partial charge on any atom is -0.457 e. The number of urea groups is 1. The van der Waals surface area contributed by atoms with E-state index in [1.165, 1.54) is 0 Å². The zero-order valence-electron chi connectivity index (χ0n) is 16.8. The van der Waals surface area contributed by atoms with Gasteiger partial charge in [0.15, 0.2) is 0 Å². The third-order valence-corrected chi connectivity index (χ3v) is 5.25. The Morgan fingerprint density at radius 3 is 2.50 bits per heavy atom. The standard InChI is InChI=1S/C22H28N4O3.ClH/c23-14-16-7-5-11-19(16)25-21(27)13-20(26-22(24)28)15-6-4-10-18(12-15)29-17-8-2-1-3-9-17;/h1-4,6,8-10,12,16,19-20H,5,7,11,13-14,23H2,(H,25,27)(H3,24,26,28);1H. The molecule has 0 saturated heterocycles. The Morgan fingerprint density at radius 1 is 1.07 bits per heavy atom. The minimum absolute atomic E-state index is 0. The molecule has 3 atom stereocenters. The van der Waals surface area contributed by atoms with Gasteiger partial charge in [0.2, 0.25) is 5.91 Å². The maximum absolute atomic E-state index is 12.6. The summed E-state index contributed by atoms with van der Waals surface area (Å²) in [7, 11) is 0. The van der Waals surface area contributed by atoms with Crippen molar-refractivity contribution in [2.75, 3.05) is 6.54 Å². The summed E-state index contributed by atoms with van der Waals surface area (Å²) >= 11 is 0. The zero-order valence-corrected chi connectivity index (χ0v) is 17.6. The second-order valence-corrected chi connectivity index (χ2v) is 7.35. The van der Waals surface area contributed by atoms with E-state index >= 15 is 0 Å². The van der Waals surface area contributed by atoms with E-state index in [9.17, 15) is 9.59 Å². The number of hydrogen-bond acceptors (Lipinski definition) is 4. The first kappa shape index (κ1) is 23.5. The third-order valence-electron chi connectivity index (χ3n) is 5.25. The number of carbonyl (C=O) groups is 2. The smallest absolute Gasteiger partial charge is 0.312 e. The van der Waals surface area contributed by atoms with E-state index < -0.39 is 12.1 Å². The largest absolute Gasteiger partial charge is 0.457 e. The van der Waals surface area contributed by atoms with E-state index in [0.717, 1.165) is 24.8 Å². The fraction of sp³-hybridized carbons (Fsp3) is 0.364. The highest BCUT2D eigenvalue weighted by Crippen LogP contribution is 2.27. The summed E-state index contributed by atoms with van der Waals surface area (Å²) in [6, 6.07) is 15.5. The van der Waals surface area contributed by atoms with Crippen molar-refractivity contribution in [2.24, 2.45) is 17.4 Å². The zero-order chi connectivity index (χ0) is 20.6. The lowest BCUT2D eigenvalue weighted by Gasteiger charge is -2.22. The van der Waals surface area contributed by atoms with Crippen molar-refractivity contribution < 1.29 is 14.3 Å². The van der Waals surface area contributed by atoms with Gasteiger partial charge in [-0.15, -0.1) is 12.4 Å². The van der Waals surface area contributed by atoms with Crippen LogP contribution < -0.4 is 26.8 Å². The van der Waals surface area contributed by atoms with Gasteiger partial charge in [-0.3, -0.25) is 4.79 Å². The number of halogens is 1. The number of primary amides is 1. The molecule has 0 aromatic heterocycles. The summed E-state index contributed by atoms with van der Waals surface area (Å²) in [6.07, 6.45) is 3.12. The van der Waals surface area contributed by atoms with E-state index in [2.05, 4.69) is 10.6 Å². The Labute approximate surface area is 183 Å². The third kappa shape index (κ3) is 6.64. The lowest BCUT2D eigenvalue weighted by molar-refractivity contribution is -0.122. The van der Waals surface area contributed by atoms with Crippen molar-refractivity contribution in [1.29, 1.82) is 0 Å². The molecule has 6 N–H and O–H groups in total. The predicted molar refractivity (Wildman–Crippen MR) is 119 cm³/mol. The van der Waals surface area contributed by atoms with E-state index in [0.29, 0.717) is 24.0 Å². The molecule has 30 heavy (non-hydrogen) atoms. The molecule has 0 spiro atoms. The van der Waals surface area contributed by atoms with Gasteiger partial charge in [-0.25, -0.2) is 4.79 Å². The van der Waals surface area contributed by atoms with E-state index in [-0.39, 0.29) is 30.8 Å². The summed E-state index contributed by atoms with van der Waals surface area (Å²) in [4.78, 5) is 24.1. The molecule has 162 valence electrons. The van der Waals surface area contributed by atoms with Crippen LogP contribution in [0.15, 0.2) is 54.6 Å². The molecule has 1 saturated carbocycles. The Hall–Kier alpha value is -2.77. The lowest BCUT2D eigenvalue weighted by atomic mass is 10.0. The molecule has 2 aromatic rings. The first-order chi connectivity index (χ1) is 14.0. The summed E-state index contributed by atoms with van der Waals surface area (Å²) in [5.41, 5.74) is 11.9. The van der Waals surface area contributed by atoms with Crippen LogP contribution in [0.3, 0.4) is 0 Å². The van der Waals surface area contributed by atoms with Crippen LogP contribution in [0, 0.1) is 5.92 Å². The van der Waals surface area contributed by atoms with E-state index in [4.69, 9.17) is 16.2 Å². The normalized spacial score (nSPS) is 18.7. The van der Waals surface area contributed by atoms with Crippen molar-refractivity contribution in [2.45, 2.75) is 37.8 Å². The number of rotatable bonds is 8. The number of ether oxygens (including phenoxy) is 1. The number of amides is 3. The van der Waals surface area contributed by atoms with Crippen molar-refractivity contribution in [3.8, 4) is 11.5 Å². The number of hydrogen-bond donors (Lipinski definition) is 4. The van der Waals surface area contributed by atoms with Crippen LogP contribution in [0.4, 0.5) is 4.79 Å². The first-order valence-corrected chi connectivity index (χ1v) is 9.93. The monoisotopic (exact) mass is 432 g/mol. The van der Waals surface area contributed by atoms with Gasteiger partial charge in [0.05, 0.1) is 12.5 Å². The van der Waals surface area contributed by atoms with Crippen LogP contribution in [0.5, 0.6) is 11.5 Å². The molecule has 8 heteroatoms. The van der Waals surface area contributed by atoms with Crippen LogP contribution in [0.25, 0.3) is 0 Å². The highest BCUT2D eigenvalue weighted by Gasteiger charge is 2.28. The molecule has 2 aromatic carbocycles. The van der Waals surface area contributed by atoms with Gasteiger partial charge < -0.3 is 26.8 Å². The maximum atomic E-state index is 12.6. The quantitative estimate of drug-likeness (QED) is 0.511. The number of nitrogens with two attached hydrogens (primary N) is 2. The van der Waals surface area contributed by atoms with E-state index in [1.54, 1.807) is 6.07 Å².